The minimum atomic E-state index is 0. The highest BCUT2D eigenvalue weighted by Crippen LogP contribution is 2.12. The van der Waals surface area contributed by atoms with Crippen LogP contribution in [0.1, 0.15) is 52.4 Å². The van der Waals surface area contributed by atoms with Crippen molar-refractivity contribution in [2.45, 2.75) is 64.5 Å². The third-order valence-corrected chi connectivity index (χ3v) is 4.86. The topological polar surface area (TPSA) is 58.1 Å². The number of guanidine groups is 1. The molecule has 2 saturated heterocycles. The average Bonchev–Trinajstić information content (AvgIpc) is 3.13. The molecule has 2 heterocycles. The first-order valence-corrected chi connectivity index (χ1v) is 10.3. The van der Waals surface area contributed by atoms with E-state index in [0.29, 0.717) is 12.1 Å². The van der Waals surface area contributed by atoms with Gasteiger partial charge in [0.25, 0.3) is 0 Å². The molecule has 0 amide bonds. The van der Waals surface area contributed by atoms with Crippen LogP contribution in [0.2, 0.25) is 0 Å². The van der Waals surface area contributed by atoms with Gasteiger partial charge in [0.15, 0.2) is 5.96 Å². The van der Waals surface area contributed by atoms with Crippen LogP contribution in [-0.4, -0.2) is 75.5 Å². The van der Waals surface area contributed by atoms with Gasteiger partial charge in [-0.25, -0.2) is 0 Å². The van der Waals surface area contributed by atoms with Gasteiger partial charge in [0.2, 0.25) is 0 Å². The van der Waals surface area contributed by atoms with Crippen LogP contribution in [0.15, 0.2) is 4.99 Å². The Kier molecular flexibility index (Phi) is 13.7. The molecule has 0 aromatic rings. The van der Waals surface area contributed by atoms with Crippen LogP contribution in [-0.2, 0) is 9.47 Å². The van der Waals surface area contributed by atoms with Crippen molar-refractivity contribution in [3.8, 4) is 0 Å². The summed E-state index contributed by atoms with van der Waals surface area (Å²) < 4.78 is 11.3. The Hall–Kier alpha value is -0.120. The zero-order valence-corrected chi connectivity index (χ0v) is 19.0. The zero-order chi connectivity index (χ0) is 17.7. The van der Waals surface area contributed by atoms with Crippen molar-refractivity contribution in [1.29, 1.82) is 0 Å². The number of rotatable bonds is 10. The summed E-state index contributed by atoms with van der Waals surface area (Å²) in [5.74, 6) is 0.954. The second-order valence-corrected chi connectivity index (χ2v) is 7.08. The van der Waals surface area contributed by atoms with Gasteiger partial charge >= 0.3 is 0 Å². The smallest absolute Gasteiger partial charge is 0.191 e. The predicted octanol–water partition coefficient (Wildman–Crippen LogP) is 2.62. The van der Waals surface area contributed by atoms with E-state index in [9.17, 15) is 0 Å². The Bertz CT molecular complexity index is 371. The fraction of sp³-hybridized carbons (Fsp3) is 0.947. The number of ether oxygens (including phenoxy) is 2. The average molecular weight is 482 g/mol. The maximum atomic E-state index is 5.70. The number of likely N-dealkylation sites (tertiary alicyclic amines) is 1. The highest BCUT2D eigenvalue weighted by Gasteiger charge is 2.19. The lowest BCUT2D eigenvalue weighted by atomic mass is 10.1. The third kappa shape index (κ3) is 9.71. The van der Waals surface area contributed by atoms with Crippen LogP contribution in [0.25, 0.3) is 0 Å². The van der Waals surface area contributed by atoms with E-state index in [4.69, 9.17) is 14.5 Å². The molecule has 26 heavy (non-hydrogen) atoms. The van der Waals surface area contributed by atoms with Crippen LogP contribution in [0.5, 0.6) is 0 Å². The number of hydrogen-bond donors (Lipinski definition) is 2. The van der Waals surface area contributed by atoms with Crippen molar-refractivity contribution in [2.75, 3.05) is 52.5 Å². The third-order valence-electron chi connectivity index (χ3n) is 4.86. The molecule has 7 heteroatoms. The van der Waals surface area contributed by atoms with Gasteiger partial charge in [-0.15, -0.1) is 24.0 Å². The first-order valence-electron chi connectivity index (χ1n) is 10.3. The van der Waals surface area contributed by atoms with Gasteiger partial charge in [-0.05, 0) is 52.0 Å². The fourth-order valence-electron chi connectivity index (χ4n) is 3.48. The van der Waals surface area contributed by atoms with Crippen LogP contribution in [0.4, 0.5) is 0 Å². The van der Waals surface area contributed by atoms with Gasteiger partial charge in [-0.2, -0.15) is 0 Å². The number of aliphatic imine (C=N–C) groups is 1. The standard InChI is InChI=1S/C19H38N4O2.HI/c1-3-11-23-12-8-17(9-13-23)22-19(20-4-2)21-10-6-14-24-16-18-7-5-15-25-18;/h17-18H,3-16H2,1-2H3,(H2,20,21,22);1H. The molecule has 0 radical (unpaired) electrons. The quantitative estimate of drug-likeness (QED) is 0.217. The number of nitrogens with zero attached hydrogens (tertiary/aromatic N) is 2. The molecule has 1 atom stereocenters. The van der Waals surface area contributed by atoms with E-state index >= 15 is 0 Å². The molecule has 2 N–H and O–H groups in total. The summed E-state index contributed by atoms with van der Waals surface area (Å²) in [5, 5.41) is 6.97. The van der Waals surface area contributed by atoms with Crippen LogP contribution in [0.3, 0.4) is 0 Å². The lowest BCUT2D eigenvalue weighted by Gasteiger charge is -2.32. The van der Waals surface area contributed by atoms with E-state index in [0.717, 1.165) is 51.7 Å². The first kappa shape index (κ1) is 23.9. The van der Waals surface area contributed by atoms with Crippen LogP contribution < -0.4 is 10.6 Å². The van der Waals surface area contributed by atoms with Crippen molar-refractivity contribution in [2.24, 2.45) is 4.99 Å². The summed E-state index contributed by atoms with van der Waals surface area (Å²) in [7, 11) is 0. The number of hydrogen-bond acceptors (Lipinski definition) is 4. The molecule has 0 bridgehead atoms. The van der Waals surface area contributed by atoms with Gasteiger partial charge in [-0.3, -0.25) is 4.99 Å². The van der Waals surface area contributed by atoms with E-state index < -0.39 is 0 Å². The molecule has 154 valence electrons. The summed E-state index contributed by atoms with van der Waals surface area (Å²) in [5.41, 5.74) is 0. The highest BCUT2D eigenvalue weighted by molar-refractivity contribution is 14.0. The molecule has 0 aliphatic carbocycles. The van der Waals surface area contributed by atoms with Crippen LogP contribution in [0, 0.1) is 0 Å². The largest absolute Gasteiger partial charge is 0.379 e. The SMILES string of the molecule is CCCN1CCC(NC(=NCCCOCC2CCCO2)NCC)CC1.I. The van der Waals surface area contributed by atoms with Crippen molar-refractivity contribution in [1.82, 2.24) is 15.5 Å². The van der Waals surface area contributed by atoms with Crippen LogP contribution >= 0.6 is 24.0 Å². The Morgan fingerprint density at radius 3 is 2.69 bits per heavy atom. The van der Waals surface area contributed by atoms with Gasteiger partial charge in [-0.1, -0.05) is 6.92 Å². The molecule has 0 spiro atoms. The minimum absolute atomic E-state index is 0. The maximum absolute atomic E-state index is 5.70. The molecule has 0 aromatic carbocycles. The molecule has 2 aliphatic heterocycles. The molecule has 2 aliphatic rings. The van der Waals surface area contributed by atoms with Gasteiger partial charge in [0.05, 0.1) is 12.7 Å². The van der Waals surface area contributed by atoms with Crippen molar-refractivity contribution < 1.29 is 9.47 Å². The van der Waals surface area contributed by atoms with Crippen molar-refractivity contribution in [3.05, 3.63) is 0 Å². The number of halogens is 1. The highest BCUT2D eigenvalue weighted by atomic mass is 127. The molecule has 0 saturated carbocycles. The van der Waals surface area contributed by atoms with Gasteiger partial charge in [0.1, 0.15) is 0 Å². The van der Waals surface area contributed by atoms with E-state index in [-0.39, 0.29) is 24.0 Å². The van der Waals surface area contributed by atoms with E-state index in [2.05, 4.69) is 29.4 Å². The van der Waals surface area contributed by atoms with E-state index in [1.54, 1.807) is 0 Å². The summed E-state index contributed by atoms with van der Waals surface area (Å²) in [6.45, 7) is 12.1. The lowest BCUT2D eigenvalue weighted by Crippen LogP contribution is -2.48. The van der Waals surface area contributed by atoms with Crippen molar-refractivity contribution >= 4 is 29.9 Å². The monoisotopic (exact) mass is 482 g/mol. The molecule has 2 fully saturated rings. The van der Waals surface area contributed by atoms with Crippen molar-refractivity contribution in [3.63, 3.8) is 0 Å². The minimum Gasteiger partial charge on any atom is -0.379 e. The Balaban J connectivity index is 0.00000338. The maximum Gasteiger partial charge on any atom is 0.191 e. The first-order chi connectivity index (χ1) is 12.3. The normalized spacial score (nSPS) is 22.2. The van der Waals surface area contributed by atoms with E-state index in [1.807, 2.05) is 0 Å². The number of piperidine rings is 1. The number of nitrogens with one attached hydrogen (secondary N) is 2. The Labute approximate surface area is 176 Å². The Morgan fingerprint density at radius 1 is 1.23 bits per heavy atom. The second kappa shape index (κ2) is 14.9. The van der Waals surface area contributed by atoms with Gasteiger partial charge in [0, 0.05) is 45.4 Å². The molecular weight excluding hydrogens is 443 g/mol. The summed E-state index contributed by atoms with van der Waals surface area (Å²) in [6, 6.07) is 0.543. The van der Waals surface area contributed by atoms with E-state index in [1.165, 1.54) is 45.3 Å². The molecule has 2 rings (SSSR count). The summed E-state index contributed by atoms with van der Waals surface area (Å²) in [6.07, 6.45) is 7.25. The zero-order valence-electron chi connectivity index (χ0n) is 16.7. The molecule has 0 aromatic heterocycles. The van der Waals surface area contributed by atoms with Gasteiger partial charge < -0.3 is 25.0 Å². The molecule has 6 nitrogen and oxygen atoms in total. The summed E-state index contributed by atoms with van der Waals surface area (Å²) >= 11 is 0. The fourth-order valence-corrected chi connectivity index (χ4v) is 3.48. The Morgan fingerprint density at radius 2 is 2.04 bits per heavy atom. The summed E-state index contributed by atoms with van der Waals surface area (Å²) in [4.78, 5) is 7.26. The lowest BCUT2D eigenvalue weighted by molar-refractivity contribution is 0.0171. The second-order valence-electron chi connectivity index (χ2n) is 7.08. The molecular formula is C19H39IN4O2. The predicted molar refractivity (Wildman–Crippen MR) is 119 cm³/mol. The molecule has 1 unspecified atom stereocenters.